The van der Waals surface area contributed by atoms with Crippen molar-refractivity contribution in [2.45, 2.75) is 32.9 Å². The first-order valence-corrected chi connectivity index (χ1v) is 7.52. The second-order valence-electron chi connectivity index (χ2n) is 3.91. The van der Waals surface area contributed by atoms with Gasteiger partial charge in [0.05, 0.1) is 46.0 Å². The standard InChI is InChI=1S/C11H16BrN5S/c1-3-5-13-10(9-7-15-18-16-9)11-8(12)6-14-17(11)4-2/h6-7,10,13H,3-5H2,1-2H3. The van der Waals surface area contributed by atoms with E-state index in [0.29, 0.717) is 0 Å². The van der Waals surface area contributed by atoms with Crippen molar-refractivity contribution in [1.82, 2.24) is 23.8 Å². The van der Waals surface area contributed by atoms with Crippen molar-refractivity contribution in [3.8, 4) is 0 Å². The van der Waals surface area contributed by atoms with Crippen molar-refractivity contribution in [2.24, 2.45) is 0 Å². The topological polar surface area (TPSA) is 55.6 Å². The Morgan fingerprint density at radius 1 is 1.44 bits per heavy atom. The van der Waals surface area contributed by atoms with Crippen LogP contribution in [0.4, 0.5) is 0 Å². The van der Waals surface area contributed by atoms with Gasteiger partial charge in [-0.3, -0.25) is 4.68 Å². The van der Waals surface area contributed by atoms with E-state index in [4.69, 9.17) is 0 Å². The molecule has 1 N–H and O–H groups in total. The molecule has 0 saturated carbocycles. The van der Waals surface area contributed by atoms with Gasteiger partial charge in [-0.1, -0.05) is 6.92 Å². The van der Waals surface area contributed by atoms with Gasteiger partial charge >= 0.3 is 0 Å². The fourth-order valence-electron chi connectivity index (χ4n) is 1.84. The van der Waals surface area contributed by atoms with Crippen molar-refractivity contribution in [2.75, 3.05) is 6.54 Å². The van der Waals surface area contributed by atoms with Crippen LogP contribution in [0.5, 0.6) is 0 Å². The van der Waals surface area contributed by atoms with E-state index in [0.717, 1.165) is 35.4 Å². The van der Waals surface area contributed by atoms with Gasteiger partial charge in [-0.05, 0) is 35.8 Å². The summed E-state index contributed by atoms with van der Waals surface area (Å²) in [5.41, 5.74) is 2.06. The Kier molecular flexibility index (Phi) is 4.85. The highest BCUT2D eigenvalue weighted by molar-refractivity contribution is 9.10. The Morgan fingerprint density at radius 2 is 2.28 bits per heavy atom. The zero-order chi connectivity index (χ0) is 13.0. The lowest BCUT2D eigenvalue weighted by molar-refractivity contribution is 0.522. The molecular formula is C11H16BrN5S. The van der Waals surface area contributed by atoms with Gasteiger partial charge in [0, 0.05) is 6.54 Å². The maximum absolute atomic E-state index is 4.36. The van der Waals surface area contributed by atoms with Crippen LogP contribution in [0.2, 0.25) is 0 Å². The maximum atomic E-state index is 4.36. The molecule has 0 aliphatic rings. The summed E-state index contributed by atoms with van der Waals surface area (Å²) in [6.45, 7) is 6.00. The van der Waals surface area contributed by atoms with E-state index in [2.05, 4.69) is 48.9 Å². The number of nitrogens with one attached hydrogen (secondary N) is 1. The van der Waals surface area contributed by atoms with Gasteiger partial charge in [-0.15, -0.1) is 0 Å². The molecule has 0 saturated heterocycles. The van der Waals surface area contributed by atoms with Gasteiger partial charge in [0.25, 0.3) is 0 Å². The van der Waals surface area contributed by atoms with Gasteiger partial charge in [0.2, 0.25) is 0 Å². The molecule has 2 rings (SSSR count). The minimum Gasteiger partial charge on any atom is -0.304 e. The molecule has 0 aliphatic carbocycles. The van der Waals surface area contributed by atoms with Crippen molar-refractivity contribution < 1.29 is 0 Å². The van der Waals surface area contributed by atoms with Crippen LogP contribution in [-0.2, 0) is 6.54 Å². The highest BCUT2D eigenvalue weighted by atomic mass is 79.9. The third-order valence-corrected chi connectivity index (χ3v) is 3.78. The van der Waals surface area contributed by atoms with Gasteiger partial charge in [-0.25, -0.2) is 0 Å². The molecule has 0 spiro atoms. The lowest BCUT2D eigenvalue weighted by atomic mass is 10.1. The molecule has 0 aliphatic heterocycles. The van der Waals surface area contributed by atoms with E-state index in [1.807, 2.05) is 17.1 Å². The molecule has 1 unspecified atom stereocenters. The first-order chi connectivity index (χ1) is 8.77. The molecule has 2 aromatic heterocycles. The number of aromatic nitrogens is 4. The molecule has 0 bridgehead atoms. The van der Waals surface area contributed by atoms with Crippen LogP contribution in [0.25, 0.3) is 0 Å². The van der Waals surface area contributed by atoms with Gasteiger partial charge in [-0.2, -0.15) is 13.8 Å². The predicted octanol–water partition coefficient (Wildman–Crippen LogP) is 2.61. The third-order valence-electron chi connectivity index (χ3n) is 2.68. The first kappa shape index (κ1) is 13.6. The van der Waals surface area contributed by atoms with E-state index in [9.17, 15) is 0 Å². The molecule has 0 amide bonds. The first-order valence-electron chi connectivity index (χ1n) is 6.00. The summed E-state index contributed by atoms with van der Waals surface area (Å²) in [4.78, 5) is 0. The fraction of sp³-hybridized carbons (Fsp3) is 0.545. The van der Waals surface area contributed by atoms with Crippen LogP contribution in [0.1, 0.15) is 37.7 Å². The SMILES string of the molecule is CCCNC(c1cnsn1)c1c(Br)cnn1CC. The summed E-state index contributed by atoms with van der Waals surface area (Å²) >= 11 is 4.80. The average Bonchev–Trinajstić information content (AvgIpc) is 3.01. The van der Waals surface area contributed by atoms with Crippen LogP contribution in [0, 0.1) is 0 Å². The number of nitrogens with zero attached hydrogens (tertiary/aromatic N) is 4. The molecule has 7 heteroatoms. The zero-order valence-electron chi connectivity index (χ0n) is 10.4. The van der Waals surface area contributed by atoms with Gasteiger partial charge in [0.1, 0.15) is 0 Å². The molecule has 5 nitrogen and oxygen atoms in total. The lowest BCUT2D eigenvalue weighted by Crippen LogP contribution is -2.26. The van der Waals surface area contributed by atoms with Gasteiger partial charge < -0.3 is 5.32 Å². The highest BCUT2D eigenvalue weighted by Gasteiger charge is 2.22. The smallest absolute Gasteiger partial charge is 0.0974 e. The number of hydrogen-bond donors (Lipinski definition) is 1. The summed E-state index contributed by atoms with van der Waals surface area (Å²) in [6, 6.07) is 0.0422. The van der Waals surface area contributed by atoms with Crippen LogP contribution in [0.15, 0.2) is 16.9 Å². The molecule has 18 heavy (non-hydrogen) atoms. The molecule has 2 aromatic rings. The molecule has 1 atom stereocenters. The molecule has 0 aromatic carbocycles. The highest BCUT2D eigenvalue weighted by Crippen LogP contribution is 2.27. The minimum atomic E-state index is 0.0422. The number of aryl methyl sites for hydroxylation is 1. The zero-order valence-corrected chi connectivity index (χ0v) is 12.8. The van der Waals surface area contributed by atoms with E-state index in [1.165, 1.54) is 11.7 Å². The van der Waals surface area contributed by atoms with E-state index < -0.39 is 0 Å². The maximum Gasteiger partial charge on any atom is 0.0974 e. The summed E-state index contributed by atoms with van der Waals surface area (Å²) in [6.07, 6.45) is 4.72. The van der Waals surface area contributed by atoms with Crippen LogP contribution >= 0.6 is 27.7 Å². The van der Waals surface area contributed by atoms with Crippen molar-refractivity contribution in [1.29, 1.82) is 0 Å². The van der Waals surface area contributed by atoms with Crippen molar-refractivity contribution in [3.05, 3.63) is 28.3 Å². The summed E-state index contributed by atoms with van der Waals surface area (Å²) < 4.78 is 11.4. The second-order valence-corrected chi connectivity index (χ2v) is 5.32. The summed E-state index contributed by atoms with van der Waals surface area (Å²) in [5, 5.41) is 7.86. The second kappa shape index (κ2) is 6.40. The molecule has 0 fully saturated rings. The Bertz CT molecular complexity index is 482. The lowest BCUT2D eigenvalue weighted by Gasteiger charge is -2.18. The van der Waals surface area contributed by atoms with Crippen molar-refractivity contribution in [3.63, 3.8) is 0 Å². The van der Waals surface area contributed by atoms with Crippen LogP contribution < -0.4 is 5.32 Å². The van der Waals surface area contributed by atoms with E-state index in [-0.39, 0.29) is 6.04 Å². The summed E-state index contributed by atoms with van der Waals surface area (Å²) in [7, 11) is 0. The van der Waals surface area contributed by atoms with E-state index in [1.54, 1.807) is 0 Å². The number of halogens is 1. The molecule has 2 heterocycles. The largest absolute Gasteiger partial charge is 0.304 e. The van der Waals surface area contributed by atoms with Crippen molar-refractivity contribution >= 4 is 27.7 Å². The Labute approximate surface area is 119 Å². The van der Waals surface area contributed by atoms with Crippen LogP contribution in [0.3, 0.4) is 0 Å². The minimum absolute atomic E-state index is 0.0422. The summed E-state index contributed by atoms with van der Waals surface area (Å²) in [5.74, 6) is 0. The molecule has 0 radical (unpaired) electrons. The van der Waals surface area contributed by atoms with Gasteiger partial charge in [0.15, 0.2) is 0 Å². The van der Waals surface area contributed by atoms with Crippen LogP contribution in [-0.4, -0.2) is 25.1 Å². The molecular weight excluding hydrogens is 314 g/mol. The van der Waals surface area contributed by atoms with E-state index >= 15 is 0 Å². The Morgan fingerprint density at radius 3 is 2.89 bits per heavy atom. The third kappa shape index (κ3) is 2.78. The Hall–Kier alpha value is -0.790. The Balaban J connectivity index is 2.36. The molecule has 98 valence electrons. The average molecular weight is 330 g/mol. The number of rotatable bonds is 6. The predicted molar refractivity (Wildman–Crippen MR) is 75.6 cm³/mol. The normalized spacial score (nSPS) is 12.8. The number of hydrogen-bond acceptors (Lipinski definition) is 5. The quantitative estimate of drug-likeness (QED) is 0.885. The monoisotopic (exact) mass is 329 g/mol. The fourth-order valence-corrected chi connectivity index (χ4v) is 2.81.